The van der Waals surface area contributed by atoms with Gasteiger partial charge in [-0.25, -0.2) is 0 Å². The first kappa shape index (κ1) is 16.4. The lowest BCUT2D eigenvalue weighted by molar-refractivity contribution is -0.125. The molecule has 0 saturated heterocycles. The lowest BCUT2D eigenvalue weighted by Crippen LogP contribution is -2.38. The van der Waals surface area contributed by atoms with Crippen LogP contribution in [0.25, 0.3) is 0 Å². The fourth-order valence-corrected chi connectivity index (χ4v) is 1.64. The fourth-order valence-electron chi connectivity index (χ4n) is 1.64. The third-order valence-corrected chi connectivity index (χ3v) is 2.37. The van der Waals surface area contributed by atoms with E-state index in [1.165, 1.54) is 0 Å². The van der Waals surface area contributed by atoms with Gasteiger partial charge in [0.05, 0.1) is 18.6 Å². The van der Waals surface area contributed by atoms with Crippen LogP contribution >= 0.6 is 0 Å². The van der Waals surface area contributed by atoms with E-state index in [-0.39, 0.29) is 23.3 Å². The Bertz CT molecular complexity index is 222. The van der Waals surface area contributed by atoms with Crippen molar-refractivity contribution in [3.05, 3.63) is 0 Å². The van der Waals surface area contributed by atoms with E-state index in [0.29, 0.717) is 19.7 Å². The SMILES string of the molecule is CC(C)OCCNC(=O)C(CN)CC(C)(C)C. The van der Waals surface area contributed by atoms with Gasteiger partial charge in [-0.05, 0) is 25.7 Å². The van der Waals surface area contributed by atoms with Crippen molar-refractivity contribution in [3.8, 4) is 0 Å². The zero-order chi connectivity index (χ0) is 13.5. The lowest BCUT2D eigenvalue weighted by atomic mass is 9.84. The van der Waals surface area contributed by atoms with Crippen molar-refractivity contribution >= 4 is 5.91 Å². The number of amides is 1. The summed E-state index contributed by atoms with van der Waals surface area (Å²) in [5.74, 6) is -0.0659. The van der Waals surface area contributed by atoms with Gasteiger partial charge < -0.3 is 15.8 Å². The number of hydrogen-bond acceptors (Lipinski definition) is 3. The molecule has 17 heavy (non-hydrogen) atoms. The summed E-state index contributed by atoms with van der Waals surface area (Å²) >= 11 is 0. The standard InChI is InChI=1S/C13H28N2O2/c1-10(2)17-7-6-15-12(16)11(9-14)8-13(3,4)5/h10-11H,6-9,14H2,1-5H3,(H,15,16). The fraction of sp³-hybridized carbons (Fsp3) is 0.923. The minimum absolute atomic E-state index is 0.0368. The van der Waals surface area contributed by atoms with Crippen LogP contribution in [0.3, 0.4) is 0 Å². The van der Waals surface area contributed by atoms with Gasteiger partial charge >= 0.3 is 0 Å². The van der Waals surface area contributed by atoms with E-state index < -0.39 is 0 Å². The number of carbonyl (C=O) groups excluding carboxylic acids is 1. The number of nitrogens with one attached hydrogen (secondary N) is 1. The lowest BCUT2D eigenvalue weighted by Gasteiger charge is -2.24. The molecule has 0 fully saturated rings. The first-order valence-electron chi connectivity index (χ1n) is 6.35. The van der Waals surface area contributed by atoms with Crippen molar-refractivity contribution in [2.75, 3.05) is 19.7 Å². The number of rotatable bonds is 7. The van der Waals surface area contributed by atoms with Crippen LogP contribution in [0.5, 0.6) is 0 Å². The minimum atomic E-state index is -0.103. The molecule has 0 heterocycles. The van der Waals surface area contributed by atoms with E-state index in [9.17, 15) is 4.79 Å². The Morgan fingerprint density at radius 1 is 1.35 bits per heavy atom. The van der Waals surface area contributed by atoms with Crippen LogP contribution in [-0.2, 0) is 9.53 Å². The highest BCUT2D eigenvalue weighted by Gasteiger charge is 2.23. The molecule has 0 aromatic rings. The highest BCUT2D eigenvalue weighted by atomic mass is 16.5. The Morgan fingerprint density at radius 3 is 2.35 bits per heavy atom. The van der Waals surface area contributed by atoms with Crippen LogP contribution in [0.15, 0.2) is 0 Å². The first-order valence-corrected chi connectivity index (χ1v) is 6.35. The molecule has 0 radical (unpaired) electrons. The van der Waals surface area contributed by atoms with Crippen LogP contribution in [0, 0.1) is 11.3 Å². The van der Waals surface area contributed by atoms with Crippen molar-refractivity contribution < 1.29 is 9.53 Å². The van der Waals surface area contributed by atoms with Gasteiger partial charge in [0.25, 0.3) is 0 Å². The molecule has 0 aromatic carbocycles. The first-order chi connectivity index (χ1) is 7.76. The molecule has 0 saturated carbocycles. The molecular formula is C13H28N2O2. The minimum Gasteiger partial charge on any atom is -0.377 e. The van der Waals surface area contributed by atoms with Gasteiger partial charge in [0.15, 0.2) is 0 Å². The van der Waals surface area contributed by atoms with Gasteiger partial charge in [0.2, 0.25) is 5.91 Å². The summed E-state index contributed by atoms with van der Waals surface area (Å²) in [6.07, 6.45) is 1.01. The van der Waals surface area contributed by atoms with E-state index in [0.717, 1.165) is 6.42 Å². The van der Waals surface area contributed by atoms with Crippen molar-refractivity contribution in [3.63, 3.8) is 0 Å². The number of ether oxygens (including phenoxy) is 1. The predicted octanol–water partition coefficient (Wildman–Crippen LogP) is 1.54. The largest absolute Gasteiger partial charge is 0.377 e. The molecule has 4 nitrogen and oxygen atoms in total. The van der Waals surface area contributed by atoms with E-state index in [1.807, 2.05) is 13.8 Å². The molecule has 1 unspecified atom stereocenters. The maximum Gasteiger partial charge on any atom is 0.224 e. The van der Waals surface area contributed by atoms with Gasteiger partial charge in [-0.2, -0.15) is 0 Å². The summed E-state index contributed by atoms with van der Waals surface area (Å²) in [5.41, 5.74) is 5.76. The topological polar surface area (TPSA) is 64.3 Å². The molecule has 0 aromatic heterocycles. The number of hydrogen-bond donors (Lipinski definition) is 2. The average molecular weight is 244 g/mol. The van der Waals surface area contributed by atoms with Crippen molar-refractivity contribution in [1.82, 2.24) is 5.32 Å². The van der Waals surface area contributed by atoms with Crippen LogP contribution in [0.1, 0.15) is 41.0 Å². The molecular weight excluding hydrogens is 216 g/mol. The monoisotopic (exact) mass is 244 g/mol. The highest BCUT2D eigenvalue weighted by molar-refractivity contribution is 5.78. The second kappa shape index (κ2) is 7.67. The van der Waals surface area contributed by atoms with Gasteiger partial charge in [-0.15, -0.1) is 0 Å². The molecule has 0 rings (SSSR count). The smallest absolute Gasteiger partial charge is 0.224 e. The third kappa shape index (κ3) is 9.12. The molecule has 102 valence electrons. The van der Waals surface area contributed by atoms with Crippen molar-refractivity contribution in [2.45, 2.75) is 47.1 Å². The normalized spacial score (nSPS) is 13.8. The number of carbonyl (C=O) groups is 1. The Morgan fingerprint density at radius 2 is 1.94 bits per heavy atom. The van der Waals surface area contributed by atoms with Crippen molar-refractivity contribution in [1.29, 1.82) is 0 Å². The van der Waals surface area contributed by atoms with Crippen LogP contribution in [-0.4, -0.2) is 31.7 Å². The van der Waals surface area contributed by atoms with Gasteiger partial charge in [0.1, 0.15) is 0 Å². The number of nitrogens with two attached hydrogens (primary N) is 1. The summed E-state index contributed by atoms with van der Waals surface area (Å²) in [5, 5.41) is 2.87. The molecule has 0 aliphatic carbocycles. The Hall–Kier alpha value is -0.610. The van der Waals surface area contributed by atoms with Gasteiger partial charge in [-0.3, -0.25) is 4.79 Å². The molecule has 3 N–H and O–H groups in total. The molecule has 1 atom stereocenters. The van der Waals surface area contributed by atoms with E-state index in [1.54, 1.807) is 0 Å². The summed E-state index contributed by atoms with van der Waals surface area (Å²) < 4.78 is 5.36. The van der Waals surface area contributed by atoms with E-state index in [4.69, 9.17) is 10.5 Å². The van der Waals surface area contributed by atoms with E-state index >= 15 is 0 Å². The second-order valence-electron chi connectivity index (χ2n) is 5.91. The molecule has 1 amide bonds. The third-order valence-electron chi connectivity index (χ3n) is 2.37. The average Bonchev–Trinajstić information content (AvgIpc) is 2.19. The zero-order valence-corrected chi connectivity index (χ0v) is 11.9. The predicted molar refractivity (Wildman–Crippen MR) is 70.7 cm³/mol. The molecule has 0 spiro atoms. The Labute approximate surface area is 105 Å². The van der Waals surface area contributed by atoms with Crippen LogP contribution < -0.4 is 11.1 Å². The van der Waals surface area contributed by atoms with Crippen molar-refractivity contribution in [2.24, 2.45) is 17.1 Å². The summed E-state index contributed by atoms with van der Waals surface area (Å²) in [7, 11) is 0. The Balaban J connectivity index is 3.93. The molecule has 0 aliphatic heterocycles. The maximum absolute atomic E-state index is 11.8. The van der Waals surface area contributed by atoms with Gasteiger partial charge in [-0.1, -0.05) is 20.8 Å². The van der Waals surface area contributed by atoms with Crippen LogP contribution in [0.2, 0.25) is 0 Å². The second-order valence-corrected chi connectivity index (χ2v) is 5.91. The molecule has 4 heteroatoms. The summed E-state index contributed by atoms with van der Waals surface area (Å²) in [6, 6.07) is 0. The maximum atomic E-state index is 11.8. The van der Waals surface area contributed by atoms with Gasteiger partial charge in [0, 0.05) is 13.1 Å². The quantitative estimate of drug-likeness (QED) is 0.668. The molecule has 0 bridgehead atoms. The zero-order valence-electron chi connectivity index (χ0n) is 11.9. The summed E-state index contributed by atoms with van der Waals surface area (Å²) in [4.78, 5) is 11.8. The summed E-state index contributed by atoms with van der Waals surface area (Å²) in [6.45, 7) is 11.8. The van der Waals surface area contributed by atoms with E-state index in [2.05, 4.69) is 26.1 Å². The Kier molecular flexibility index (Phi) is 7.39. The van der Waals surface area contributed by atoms with Crippen LogP contribution in [0.4, 0.5) is 0 Å². The molecule has 0 aliphatic rings. The highest BCUT2D eigenvalue weighted by Crippen LogP contribution is 2.23.